The summed E-state index contributed by atoms with van der Waals surface area (Å²) in [7, 11) is -3.77. The summed E-state index contributed by atoms with van der Waals surface area (Å²) in [6.07, 6.45) is 0.139. The predicted octanol–water partition coefficient (Wildman–Crippen LogP) is 0.164. The highest BCUT2D eigenvalue weighted by Crippen LogP contribution is 2.35. The molecule has 0 spiro atoms. The molecule has 0 radical (unpaired) electrons. The van der Waals surface area contributed by atoms with E-state index in [2.05, 4.69) is 5.32 Å². The van der Waals surface area contributed by atoms with Crippen molar-refractivity contribution in [1.82, 2.24) is 14.2 Å². The van der Waals surface area contributed by atoms with Crippen LogP contribution < -0.4 is 25.1 Å². The minimum Gasteiger partial charge on any atom is -0.491 e. The van der Waals surface area contributed by atoms with E-state index in [4.69, 9.17) is 14.2 Å². The molecule has 33 heavy (non-hydrogen) atoms. The zero-order chi connectivity index (χ0) is 24.0. The smallest absolute Gasteiger partial charge is 0.251 e. The molecule has 1 aromatic heterocycles. The van der Waals surface area contributed by atoms with Gasteiger partial charge in [-0.05, 0) is 18.2 Å². The molecular formula is C21H27N3O8S. The van der Waals surface area contributed by atoms with E-state index in [1.54, 1.807) is 32.0 Å². The number of carbonyl (C=O) groups is 1. The van der Waals surface area contributed by atoms with Crippen molar-refractivity contribution in [3.8, 4) is 17.2 Å². The lowest BCUT2D eigenvalue weighted by atomic mass is 10.3. The summed E-state index contributed by atoms with van der Waals surface area (Å²) in [6.45, 7) is 3.54. The molecule has 1 unspecified atom stereocenters. The van der Waals surface area contributed by atoms with Crippen LogP contribution in [0, 0.1) is 0 Å². The number of hydrogen-bond acceptors (Lipinski definition) is 8. The number of pyridine rings is 1. The Labute approximate surface area is 191 Å². The molecular weight excluding hydrogens is 454 g/mol. The highest BCUT2D eigenvalue weighted by Gasteiger charge is 2.22. The molecule has 1 atom stereocenters. The number of amides is 1. The third-order valence-corrected chi connectivity index (χ3v) is 6.97. The molecule has 1 aliphatic heterocycles. The summed E-state index contributed by atoms with van der Waals surface area (Å²) in [5, 5.41) is 12.6. The van der Waals surface area contributed by atoms with Crippen LogP contribution in [-0.2, 0) is 21.4 Å². The van der Waals surface area contributed by atoms with Crippen molar-refractivity contribution in [2.45, 2.75) is 31.4 Å². The minimum atomic E-state index is -3.77. The maximum Gasteiger partial charge on any atom is 0.251 e. The van der Waals surface area contributed by atoms with Gasteiger partial charge in [-0.3, -0.25) is 9.59 Å². The van der Waals surface area contributed by atoms with Crippen LogP contribution in [0.3, 0.4) is 0 Å². The fraction of sp³-hybridized carbons (Fsp3) is 0.429. The Balaban J connectivity index is 1.53. The first kappa shape index (κ1) is 24.6. The zero-order valence-electron chi connectivity index (χ0n) is 18.4. The van der Waals surface area contributed by atoms with Crippen LogP contribution in [0.4, 0.5) is 0 Å². The largest absolute Gasteiger partial charge is 0.491 e. The van der Waals surface area contributed by atoms with Gasteiger partial charge in [-0.1, -0.05) is 13.8 Å². The van der Waals surface area contributed by atoms with Crippen LogP contribution in [0.25, 0.3) is 0 Å². The number of sulfonamides is 1. The maximum atomic E-state index is 12.7. The highest BCUT2D eigenvalue weighted by molar-refractivity contribution is 7.89. The summed E-state index contributed by atoms with van der Waals surface area (Å²) < 4.78 is 43.6. The first-order valence-electron chi connectivity index (χ1n) is 10.4. The van der Waals surface area contributed by atoms with E-state index in [1.165, 1.54) is 10.4 Å². The van der Waals surface area contributed by atoms with Crippen molar-refractivity contribution in [2.24, 2.45) is 0 Å². The van der Waals surface area contributed by atoms with Gasteiger partial charge >= 0.3 is 0 Å². The molecule has 11 nitrogen and oxygen atoms in total. The Morgan fingerprint density at radius 2 is 1.94 bits per heavy atom. The van der Waals surface area contributed by atoms with Gasteiger partial charge in [0.25, 0.3) is 5.56 Å². The van der Waals surface area contributed by atoms with E-state index >= 15 is 0 Å². The van der Waals surface area contributed by atoms with Gasteiger partial charge in [0.2, 0.25) is 22.7 Å². The molecule has 0 saturated carbocycles. The van der Waals surface area contributed by atoms with Crippen LogP contribution in [0.15, 0.2) is 46.2 Å². The van der Waals surface area contributed by atoms with E-state index in [-0.39, 0.29) is 37.9 Å². The molecule has 1 aliphatic rings. The lowest BCUT2D eigenvalue weighted by Crippen LogP contribution is -2.38. The molecule has 1 aromatic carbocycles. The molecule has 0 bridgehead atoms. The maximum absolute atomic E-state index is 12.7. The van der Waals surface area contributed by atoms with Crippen molar-refractivity contribution in [1.29, 1.82) is 0 Å². The Bertz CT molecular complexity index is 1140. The quantitative estimate of drug-likeness (QED) is 0.463. The van der Waals surface area contributed by atoms with Gasteiger partial charge in [-0.2, -0.15) is 4.31 Å². The second-order valence-electron chi connectivity index (χ2n) is 7.20. The third kappa shape index (κ3) is 6.03. The fourth-order valence-corrected chi connectivity index (χ4v) is 4.64. The minimum absolute atomic E-state index is 0.0734. The highest BCUT2D eigenvalue weighted by atomic mass is 32.2. The number of benzene rings is 1. The van der Waals surface area contributed by atoms with Crippen LogP contribution >= 0.6 is 0 Å². The van der Waals surface area contributed by atoms with Crippen molar-refractivity contribution in [3.63, 3.8) is 0 Å². The Kier molecular flexibility index (Phi) is 7.95. The van der Waals surface area contributed by atoms with Gasteiger partial charge in [0.05, 0.1) is 4.90 Å². The van der Waals surface area contributed by atoms with Gasteiger partial charge in [-0.25, -0.2) is 8.42 Å². The number of aliphatic hydroxyl groups is 1. The van der Waals surface area contributed by atoms with E-state index in [0.717, 1.165) is 16.8 Å². The Hall–Kier alpha value is -3.09. The van der Waals surface area contributed by atoms with Crippen LogP contribution in [0.2, 0.25) is 0 Å². The molecule has 0 fully saturated rings. The normalized spacial score (nSPS) is 13.7. The third-order valence-electron chi connectivity index (χ3n) is 4.93. The number of nitrogens with zero attached hydrogens (tertiary/aromatic N) is 2. The average Bonchev–Trinajstić information content (AvgIpc) is 3.26. The van der Waals surface area contributed by atoms with E-state index in [1.807, 2.05) is 0 Å². The van der Waals surface area contributed by atoms with Gasteiger partial charge in [0, 0.05) is 38.0 Å². The predicted molar refractivity (Wildman–Crippen MR) is 118 cm³/mol. The van der Waals surface area contributed by atoms with Crippen molar-refractivity contribution in [3.05, 3.63) is 46.9 Å². The van der Waals surface area contributed by atoms with E-state index in [0.29, 0.717) is 17.2 Å². The lowest BCUT2D eigenvalue weighted by molar-refractivity contribution is -0.122. The molecule has 0 saturated heterocycles. The second-order valence-corrected chi connectivity index (χ2v) is 9.14. The fourth-order valence-electron chi connectivity index (χ4n) is 3.16. The summed E-state index contributed by atoms with van der Waals surface area (Å²) in [5.74, 6) is 1.07. The molecule has 3 rings (SSSR count). The summed E-state index contributed by atoms with van der Waals surface area (Å²) in [4.78, 5) is 24.3. The van der Waals surface area contributed by atoms with Crippen LogP contribution in [0.5, 0.6) is 17.2 Å². The summed E-state index contributed by atoms with van der Waals surface area (Å²) in [6, 6.07) is 7.33. The molecule has 180 valence electrons. The topological polar surface area (TPSA) is 136 Å². The number of aliphatic hydroxyl groups excluding tert-OH is 1. The number of rotatable bonds is 11. The molecule has 1 amide bonds. The monoisotopic (exact) mass is 481 g/mol. The lowest BCUT2D eigenvalue weighted by Gasteiger charge is -2.19. The van der Waals surface area contributed by atoms with Crippen LogP contribution in [-0.4, -0.2) is 67.4 Å². The second kappa shape index (κ2) is 10.7. The number of ether oxygens (including phenoxy) is 3. The van der Waals surface area contributed by atoms with Gasteiger partial charge < -0.3 is 29.2 Å². The number of aromatic nitrogens is 1. The molecule has 2 heterocycles. The molecule has 12 heteroatoms. The van der Waals surface area contributed by atoms with Gasteiger partial charge in [-0.15, -0.1) is 0 Å². The van der Waals surface area contributed by atoms with Gasteiger partial charge in [0.1, 0.15) is 25.0 Å². The van der Waals surface area contributed by atoms with Crippen molar-refractivity contribution < 1.29 is 32.5 Å². The number of hydrogen-bond donors (Lipinski definition) is 2. The average molecular weight is 482 g/mol. The molecule has 2 N–H and O–H groups in total. The van der Waals surface area contributed by atoms with Gasteiger partial charge in [0.15, 0.2) is 11.5 Å². The number of nitrogens with one attached hydrogen (secondary N) is 1. The first-order valence-corrected chi connectivity index (χ1v) is 11.9. The number of carbonyl (C=O) groups excluding carboxylic acids is 1. The van der Waals surface area contributed by atoms with Crippen molar-refractivity contribution >= 4 is 15.9 Å². The number of fused-ring (bicyclic) bond motifs is 1. The first-order chi connectivity index (χ1) is 15.7. The summed E-state index contributed by atoms with van der Waals surface area (Å²) >= 11 is 0. The zero-order valence-corrected chi connectivity index (χ0v) is 19.2. The standard InChI is InChI=1S/C21H27N3O8S/c1-3-24(4-2)33(28,29)17-6-8-21(27)23(11-17)12-20(26)22-10-15(25)13-30-16-5-7-18-19(9-16)32-14-31-18/h5-9,11,15,25H,3-4,10,12-14H2,1-2H3,(H,22,26). The molecule has 0 aliphatic carbocycles. The van der Waals surface area contributed by atoms with Crippen molar-refractivity contribution in [2.75, 3.05) is 33.0 Å². The van der Waals surface area contributed by atoms with E-state index in [9.17, 15) is 23.1 Å². The Morgan fingerprint density at radius 3 is 2.67 bits per heavy atom. The molecule has 2 aromatic rings. The SMILES string of the molecule is CCN(CC)S(=O)(=O)c1ccc(=O)n(CC(=O)NCC(O)COc2ccc3c(c2)OCO3)c1. The van der Waals surface area contributed by atoms with E-state index < -0.39 is 34.1 Å². The Morgan fingerprint density at radius 1 is 1.21 bits per heavy atom. The van der Waals surface area contributed by atoms with Crippen LogP contribution in [0.1, 0.15) is 13.8 Å². The summed E-state index contributed by atoms with van der Waals surface area (Å²) in [5.41, 5.74) is -0.518.